The van der Waals surface area contributed by atoms with Crippen molar-refractivity contribution < 1.29 is 9.84 Å². The van der Waals surface area contributed by atoms with Crippen molar-refractivity contribution in [2.45, 2.75) is 26.4 Å². The molecule has 0 radical (unpaired) electrons. The molecule has 3 nitrogen and oxygen atoms in total. The van der Waals surface area contributed by atoms with Gasteiger partial charge in [0.05, 0.1) is 18.9 Å². The van der Waals surface area contributed by atoms with Gasteiger partial charge < -0.3 is 15.6 Å². The van der Waals surface area contributed by atoms with E-state index in [0.29, 0.717) is 23.4 Å². The Hall–Kier alpha value is -2.00. The first-order chi connectivity index (χ1) is 9.52. The van der Waals surface area contributed by atoms with Crippen molar-refractivity contribution in [2.24, 2.45) is 0 Å². The average molecular weight is 271 g/mol. The number of hydrogen-bond donors (Lipinski definition) is 2. The fourth-order valence-electron chi connectivity index (χ4n) is 2.37. The number of aliphatic hydroxyl groups excluding tert-OH is 1. The Kier molecular flexibility index (Phi) is 4.30. The highest BCUT2D eigenvalue weighted by Gasteiger charge is 2.15. The molecular weight excluding hydrogens is 250 g/mol. The van der Waals surface area contributed by atoms with Gasteiger partial charge in [-0.25, -0.2) is 0 Å². The van der Waals surface area contributed by atoms with E-state index in [9.17, 15) is 5.11 Å². The Labute approximate surface area is 120 Å². The fourth-order valence-corrected chi connectivity index (χ4v) is 2.37. The quantitative estimate of drug-likeness (QED) is 0.840. The van der Waals surface area contributed by atoms with Crippen LogP contribution >= 0.6 is 0 Å². The lowest BCUT2D eigenvalue weighted by Gasteiger charge is -2.17. The van der Waals surface area contributed by atoms with Crippen LogP contribution in [0.4, 0.5) is 5.69 Å². The van der Waals surface area contributed by atoms with Crippen LogP contribution in [0.1, 0.15) is 28.4 Å². The van der Waals surface area contributed by atoms with E-state index in [1.807, 2.05) is 12.1 Å². The minimum Gasteiger partial charge on any atom is -0.495 e. The molecule has 0 bridgehead atoms. The summed E-state index contributed by atoms with van der Waals surface area (Å²) >= 11 is 0. The molecule has 2 rings (SSSR count). The zero-order valence-corrected chi connectivity index (χ0v) is 12.2. The molecule has 3 heteroatoms. The van der Waals surface area contributed by atoms with Crippen LogP contribution in [0, 0.1) is 13.8 Å². The first-order valence-corrected chi connectivity index (χ1v) is 6.69. The van der Waals surface area contributed by atoms with Gasteiger partial charge in [-0.1, -0.05) is 35.9 Å². The topological polar surface area (TPSA) is 55.5 Å². The molecule has 0 saturated carbocycles. The molecule has 106 valence electrons. The van der Waals surface area contributed by atoms with Crippen LogP contribution in [0.15, 0.2) is 36.4 Å². The molecular formula is C17H21NO2. The monoisotopic (exact) mass is 271 g/mol. The number of aryl methyl sites for hydroxylation is 2. The van der Waals surface area contributed by atoms with Gasteiger partial charge in [0.1, 0.15) is 5.75 Å². The number of aliphatic hydroxyl groups is 1. The van der Waals surface area contributed by atoms with E-state index in [0.717, 1.165) is 5.56 Å². The molecule has 1 atom stereocenters. The number of rotatable bonds is 4. The van der Waals surface area contributed by atoms with Crippen molar-refractivity contribution in [3.63, 3.8) is 0 Å². The molecule has 0 aliphatic carbocycles. The molecule has 0 heterocycles. The summed E-state index contributed by atoms with van der Waals surface area (Å²) in [6, 6.07) is 11.7. The summed E-state index contributed by atoms with van der Waals surface area (Å²) in [6.45, 7) is 4.10. The molecule has 3 N–H and O–H groups in total. The van der Waals surface area contributed by atoms with E-state index in [1.165, 1.54) is 11.1 Å². The van der Waals surface area contributed by atoms with Gasteiger partial charge in [-0.15, -0.1) is 0 Å². The second-order valence-electron chi connectivity index (χ2n) is 5.11. The first-order valence-electron chi connectivity index (χ1n) is 6.69. The van der Waals surface area contributed by atoms with Gasteiger partial charge in [0.15, 0.2) is 0 Å². The number of ether oxygens (including phenoxy) is 1. The van der Waals surface area contributed by atoms with E-state index < -0.39 is 6.10 Å². The zero-order chi connectivity index (χ0) is 14.7. The Morgan fingerprint density at radius 2 is 1.95 bits per heavy atom. The van der Waals surface area contributed by atoms with Crippen LogP contribution in [-0.2, 0) is 6.42 Å². The van der Waals surface area contributed by atoms with Gasteiger partial charge in [0.25, 0.3) is 0 Å². The number of hydrogen-bond acceptors (Lipinski definition) is 3. The molecule has 0 fully saturated rings. The standard InChI is InChI=1S/C17H21NO2/c1-11-7-8-12(2)13(9-11)10-15(19)14-5-4-6-16(20-3)17(14)18/h4-9,15,19H,10,18H2,1-3H3. The number of para-hydroxylation sites is 1. The highest BCUT2D eigenvalue weighted by atomic mass is 16.5. The van der Waals surface area contributed by atoms with Crippen LogP contribution in [-0.4, -0.2) is 12.2 Å². The number of nitrogens with two attached hydrogens (primary N) is 1. The van der Waals surface area contributed by atoms with Gasteiger partial charge in [-0.3, -0.25) is 0 Å². The summed E-state index contributed by atoms with van der Waals surface area (Å²) in [7, 11) is 1.58. The number of methoxy groups -OCH3 is 1. The Balaban J connectivity index is 2.28. The molecule has 20 heavy (non-hydrogen) atoms. The zero-order valence-electron chi connectivity index (χ0n) is 12.2. The predicted molar refractivity (Wildman–Crippen MR) is 82.0 cm³/mol. The van der Waals surface area contributed by atoms with Gasteiger partial charge in [-0.05, 0) is 31.0 Å². The maximum Gasteiger partial charge on any atom is 0.142 e. The summed E-state index contributed by atoms with van der Waals surface area (Å²) in [5.74, 6) is 0.600. The number of benzene rings is 2. The Morgan fingerprint density at radius 1 is 1.20 bits per heavy atom. The largest absolute Gasteiger partial charge is 0.495 e. The van der Waals surface area contributed by atoms with Gasteiger partial charge in [0.2, 0.25) is 0 Å². The summed E-state index contributed by atoms with van der Waals surface area (Å²) in [6.07, 6.45) is -0.0872. The second kappa shape index (κ2) is 5.97. The van der Waals surface area contributed by atoms with E-state index in [-0.39, 0.29) is 0 Å². The van der Waals surface area contributed by atoms with Crippen molar-refractivity contribution in [3.8, 4) is 5.75 Å². The average Bonchev–Trinajstić information content (AvgIpc) is 2.43. The van der Waals surface area contributed by atoms with Crippen molar-refractivity contribution in [1.82, 2.24) is 0 Å². The van der Waals surface area contributed by atoms with Crippen LogP contribution in [0.2, 0.25) is 0 Å². The third-order valence-electron chi connectivity index (χ3n) is 3.60. The molecule has 2 aromatic carbocycles. The summed E-state index contributed by atoms with van der Waals surface area (Å²) < 4.78 is 5.19. The van der Waals surface area contributed by atoms with E-state index in [2.05, 4.69) is 32.0 Å². The highest BCUT2D eigenvalue weighted by Crippen LogP contribution is 2.31. The molecule has 0 aromatic heterocycles. The first kappa shape index (κ1) is 14.4. The molecule has 0 saturated heterocycles. The maximum atomic E-state index is 10.5. The highest BCUT2D eigenvalue weighted by molar-refractivity contribution is 5.59. The van der Waals surface area contributed by atoms with Crippen molar-refractivity contribution in [2.75, 3.05) is 12.8 Å². The minimum atomic E-state index is -0.634. The number of anilines is 1. The molecule has 0 aliphatic rings. The smallest absolute Gasteiger partial charge is 0.142 e. The van der Waals surface area contributed by atoms with Gasteiger partial charge in [-0.2, -0.15) is 0 Å². The number of nitrogen functional groups attached to an aromatic ring is 1. The fraction of sp³-hybridized carbons (Fsp3) is 0.294. The Morgan fingerprint density at radius 3 is 2.65 bits per heavy atom. The van der Waals surface area contributed by atoms with Gasteiger partial charge >= 0.3 is 0 Å². The molecule has 0 amide bonds. The van der Waals surface area contributed by atoms with Crippen molar-refractivity contribution in [3.05, 3.63) is 58.7 Å². The lowest BCUT2D eigenvalue weighted by atomic mass is 9.96. The summed E-state index contributed by atoms with van der Waals surface area (Å²) in [5, 5.41) is 10.5. The van der Waals surface area contributed by atoms with E-state index in [4.69, 9.17) is 10.5 Å². The van der Waals surface area contributed by atoms with E-state index in [1.54, 1.807) is 13.2 Å². The summed E-state index contributed by atoms with van der Waals surface area (Å²) in [4.78, 5) is 0. The second-order valence-corrected chi connectivity index (χ2v) is 5.11. The maximum absolute atomic E-state index is 10.5. The van der Waals surface area contributed by atoms with E-state index >= 15 is 0 Å². The normalized spacial score (nSPS) is 12.2. The van der Waals surface area contributed by atoms with Crippen LogP contribution in [0.3, 0.4) is 0 Å². The molecule has 2 aromatic rings. The molecule has 0 aliphatic heterocycles. The third kappa shape index (κ3) is 2.94. The lowest BCUT2D eigenvalue weighted by Crippen LogP contribution is -2.07. The van der Waals surface area contributed by atoms with Crippen LogP contribution in [0.5, 0.6) is 5.75 Å². The SMILES string of the molecule is COc1cccc(C(O)Cc2cc(C)ccc2C)c1N. The minimum absolute atomic E-state index is 0.507. The molecule has 1 unspecified atom stereocenters. The van der Waals surface area contributed by atoms with Crippen molar-refractivity contribution >= 4 is 5.69 Å². The van der Waals surface area contributed by atoms with Crippen LogP contribution < -0.4 is 10.5 Å². The molecule has 0 spiro atoms. The lowest BCUT2D eigenvalue weighted by molar-refractivity contribution is 0.178. The summed E-state index contributed by atoms with van der Waals surface area (Å²) in [5.41, 5.74) is 10.8. The van der Waals surface area contributed by atoms with Gasteiger partial charge in [0, 0.05) is 12.0 Å². The van der Waals surface area contributed by atoms with Crippen LogP contribution in [0.25, 0.3) is 0 Å². The predicted octanol–water partition coefficient (Wildman–Crippen LogP) is 3.17. The Bertz CT molecular complexity index is 608. The third-order valence-corrected chi connectivity index (χ3v) is 3.60. The van der Waals surface area contributed by atoms with Crippen molar-refractivity contribution in [1.29, 1.82) is 0 Å².